The third kappa shape index (κ3) is 5.13. The van der Waals surface area contributed by atoms with E-state index in [9.17, 15) is 0 Å². The van der Waals surface area contributed by atoms with Crippen LogP contribution in [0.3, 0.4) is 0 Å². The molecule has 0 saturated heterocycles. The maximum absolute atomic E-state index is 9.14. The van der Waals surface area contributed by atoms with Gasteiger partial charge in [0.05, 0.1) is 20.8 Å². The molecule has 0 aliphatic rings. The first-order chi connectivity index (χ1) is 10.8. The van der Waals surface area contributed by atoms with E-state index < -0.39 is 0 Å². The molecule has 1 atom stereocenters. The highest BCUT2D eigenvalue weighted by Gasteiger charge is 2.19. The van der Waals surface area contributed by atoms with Crippen LogP contribution in [0.25, 0.3) is 0 Å². The van der Waals surface area contributed by atoms with Crippen LogP contribution in [0.1, 0.15) is 17.2 Å². The number of hydrogen-bond donors (Lipinski definition) is 2. The molecule has 2 aromatic rings. The molecule has 2 N–H and O–H groups in total. The van der Waals surface area contributed by atoms with E-state index in [1.165, 1.54) is 5.56 Å². The summed E-state index contributed by atoms with van der Waals surface area (Å²) in [7, 11) is 3.28. The lowest BCUT2D eigenvalue weighted by atomic mass is 9.97. The predicted octanol–water partition coefficient (Wildman–Crippen LogP) is 2.99. The maximum atomic E-state index is 9.14. The Morgan fingerprint density at radius 3 is 2.35 bits per heavy atom. The first kappa shape index (κ1) is 19.3. The number of nitrogens with one attached hydrogen (secondary N) is 1. The van der Waals surface area contributed by atoms with Crippen LogP contribution >= 0.6 is 12.4 Å². The normalized spacial score (nSPS) is 11.4. The molecule has 4 nitrogen and oxygen atoms in total. The minimum atomic E-state index is 0. The second kappa shape index (κ2) is 10.1. The van der Waals surface area contributed by atoms with Gasteiger partial charge < -0.3 is 19.9 Å². The molecule has 0 radical (unpaired) electrons. The largest absolute Gasteiger partial charge is 0.493 e. The summed E-state index contributed by atoms with van der Waals surface area (Å²) in [6.07, 6.45) is 0.810. The van der Waals surface area contributed by atoms with Gasteiger partial charge in [-0.05, 0) is 18.1 Å². The fourth-order valence-corrected chi connectivity index (χ4v) is 2.57. The van der Waals surface area contributed by atoms with Crippen molar-refractivity contribution in [3.05, 3.63) is 59.7 Å². The van der Waals surface area contributed by atoms with Gasteiger partial charge in [0.2, 0.25) is 0 Å². The first-order valence-electron chi connectivity index (χ1n) is 7.39. The quantitative estimate of drug-likeness (QED) is 0.777. The van der Waals surface area contributed by atoms with Crippen molar-refractivity contribution < 1.29 is 14.6 Å². The summed E-state index contributed by atoms with van der Waals surface area (Å²) in [6, 6.07) is 16.2. The Balaban J connectivity index is 0.00000264. The number of ether oxygens (including phenoxy) is 2. The third-order valence-electron chi connectivity index (χ3n) is 3.59. The highest BCUT2D eigenvalue weighted by Crippen LogP contribution is 2.35. The summed E-state index contributed by atoms with van der Waals surface area (Å²) in [4.78, 5) is 0. The fraction of sp³-hybridized carbons (Fsp3) is 0.333. The number of methoxy groups -OCH3 is 2. The van der Waals surface area contributed by atoms with Gasteiger partial charge in [-0.3, -0.25) is 0 Å². The molecule has 126 valence electrons. The Labute approximate surface area is 143 Å². The van der Waals surface area contributed by atoms with Crippen molar-refractivity contribution in [1.82, 2.24) is 5.32 Å². The maximum Gasteiger partial charge on any atom is 0.165 e. The molecule has 0 bridgehead atoms. The zero-order chi connectivity index (χ0) is 15.8. The Kier molecular flexibility index (Phi) is 8.48. The van der Waals surface area contributed by atoms with E-state index in [1.54, 1.807) is 14.2 Å². The van der Waals surface area contributed by atoms with Gasteiger partial charge in [0.25, 0.3) is 0 Å². The summed E-state index contributed by atoms with van der Waals surface area (Å²) >= 11 is 0. The number of aliphatic hydroxyl groups excluding tert-OH is 1. The van der Waals surface area contributed by atoms with Crippen LogP contribution in [-0.4, -0.2) is 32.5 Å². The number of halogens is 1. The summed E-state index contributed by atoms with van der Waals surface area (Å²) in [6.45, 7) is 0.620. The van der Waals surface area contributed by atoms with Gasteiger partial charge in [-0.15, -0.1) is 12.4 Å². The van der Waals surface area contributed by atoms with Crippen molar-refractivity contribution in [1.29, 1.82) is 0 Å². The Bertz CT molecular complexity index is 578. The number of hydrogen-bond acceptors (Lipinski definition) is 4. The zero-order valence-electron chi connectivity index (χ0n) is 13.5. The molecule has 1 unspecified atom stereocenters. The van der Waals surface area contributed by atoms with Crippen molar-refractivity contribution in [2.45, 2.75) is 12.5 Å². The molecular weight excluding hydrogens is 314 g/mol. The van der Waals surface area contributed by atoms with Gasteiger partial charge in [0.15, 0.2) is 11.5 Å². The second-order valence-corrected chi connectivity index (χ2v) is 5.00. The van der Waals surface area contributed by atoms with Crippen LogP contribution in [0.2, 0.25) is 0 Å². The summed E-state index contributed by atoms with van der Waals surface area (Å²) in [5.41, 5.74) is 2.25. The van der Waals surface area contributed by atoms with E-state index in [4.69, 9.17) is 14.6 Å². The third-order valence-corrected chi connectivity index (χ3v) is 3.59. The first-order valence-corrected chi connectivity index (χ1v) is 7.39. The molecule has 0 heterocycles. The van der Waals surface area contributed by atoms with Gasteiger partial charge in [0.1, 0.15) is 0 Å². The molecule has 0 aliphatic carbocycles. The van der Waals surface area contributed by atoms with Gasteiger partial charge >= 0.3 is 0 Å². The van der Waals surface area contributed by atoms with Crippen LogP contribution in [-0.2, 0) is 6.42 Å². The topological polar surface area (TPSA) is 50.7 Å². The summed E-state index contributed by atoms with van der Waals surface area (Å²) in [5, 5.41) is 12.5. The highest BCUT2D eigenvalue weighted by molar-refractivity contribution is 5.85. The van der Waals surface area contributed by atoms with Crippen LogP contribution in [0.15, 0.2) is 48.5 Å². The van der Waals surface area contributed by atoms with Crippen molar-refractivity contribution >= 4 is 12.4 Å². The molecule has 0 spiro atoms. The SMILES string of the molecule is COc1cccc(C(Cc2ccccc2)NCCO)c1OC.Cl. The number of aliphatic hydroxyl groups is 1. The van der Waals surface area contributed by atoms with Gasteiger partial charge in [-0.25, -0.2) is 0 Å². The Morgan fingerprint density at radius 1 is 1.00 bits per heavy atom. The monoisotopic (exact) mass is 337 g/mol. The molecule has 23 heavy (non-hydrogen) atoms. The van der Waals surface area contributed by atoms with Crippen LogP contribution in [0, 0.1) is 0 Å². The molecule has 2 aromatic carbocycles. The van der Waals surface area contributed by atoms with E-state index in [0.29, 0.717) is 12.3 Å². The van der Waals surface area contributed by atoms with Gasteiger partial charge in [0, 0.05) is 18.2 Å². The number of benzene rings is 2. The molecule has 0 aromatic heterocycles. The molecule has 0 aliphatic heterocycles. The van der Waals surface area contributed by atoms with Crippen molar-refractivity contribution in [2.24, 2.45) is 0 Å². The number of rotatable bonds is 8. The van der Waals surface area contributed by atoms with Crippen LogP contribution in [0.4, 0.5) is 0 Å². The Morgan fingerprint density at radius 2 is 1.74 bits per heavy atom. The van der Waals surface area contributed by atoms with Gasteiger partial charge in [-0.2, -0.15) is 0 Å². The van der Waals surface area contributed by atoms with E-state index in [1.807, 2.05) is 36.4 Å². The molecule has 2 rings (SSSR count). The van der Waals surface area contributed by atoms with Crippen molar-refractivity contribution in [2.75, 3.05) is 27.4 Å². The lowest BCUT2D eigenvalue weighted by molar-refractivity contribution is 0.282. The lowest BCUT2D eigenvalue weighted by Gasteiger charge is -2.22. The molecule has 5 heteroatoms. The fourth-order valence-electron chi connectivity index (χ4n) is 2.57. The summed E-state index contributed by atoms with van der Waals surface area (Å²) < 4.78 is 10.9. The minimum Gasteiger partial charge on any atom is -0.493 e. The molecular formula is C18H24ClNO3. The van der Waals surface area contributed by atoms with E-state index in [-0.39, 0.29) is 25.1 Å². The van der Waals surface area contributed by atoms with Crippen molar-refractivity contribution in [3.8, 4) is 11.5 Å². The van der Waals surface area contributed by atoms with Crippen LogP contribution in [0.5, 0.6) is 11.5 Å². The summed E-state index contributed by atoms with van der Waals surface area (Å²) in [5.74, 6) is 1.44. The smallest absolute Gasteiger partial charge is 0.165 e. The lowest BCUT2D eigenvalue weighted by Crippen LogP contribution is -2.26. The van der Waals surface area contributed by atoms with Crippen molar-refractivity contribution in [3.63, 3.8) is 0 Å². The number of para-hydroxylation sites is 1. The molecule has 0 amide bonds. The minimum absolute atomic E-state index is 0. The second-order valence-electron chi connectivity index (χ2n) is 5.00. The predicted molar refractivity (Wildman–Crippen MR) is 94.8 cm³/mol. The van der Waals surface area contributed by atoms with E-state index in [0.717, 1.165) is 17.7 Å². The van der Waals surface area contributed by atoms with E-state index in [2.05, 4.69) is 17.4 Å². The van der Waals surface area contributed by atoms with E-state index >= 15 is 0 Å². The van der Waals surface area contributed by atoms with Crippen LogP contribution < -0.4 is 14.8 Å². The average molecular weight is 338 g/mol. The molecule has 0 saturated carbocycles. The molecule has 0 fully saturated rings. The Hall–Kier alpha value is -1.75. The van der Waals surface area contributed by atoms with Gasteiger partial charge in [-0.1, -0.05) is 42.5 Å². The highest BCUT2D eigenvalue weighted by atomic mass is 35.5. The standard InChI is InChI=1S/C18H23NO3.ClH/c1-21-17-10-6-9-15(18(17)22-2)16(19-11-12-20)13-14-7-4-3-5-8-14;/h3-10,16,19-20H,11-13H2,1-2H3;1H. The average Bonchev–Trinajstić information content (AvgIpc) is 2.58. The zero-order valence-corrected chi connectivity index (χ0v) is 14.3.